The molecule has 0 aromatic carbocycles. The fourth-order valence-electron chi connectivity index (χ4n) is 7.03. The Kier molecular flexibility index (Phi) is 7.20. The van der Waals surface area contributed by atoms with Crippen LogP contribution in [-0.2, 0) is 23.9 Å². The van der Waals surface area contributed by atoms with Crippen LogP contribution >= 0.6 is 0 Å². The van der Waals surface area contributed by atoms with E-state index in [-0.39, 0.29) is 40.9 Å². The fraction of sp³-hybridized carbons (Fsp3) is 0.800. The summed E-state index contributed by atoms with van der Waals surface area (Å²) in [5.41, 5.74) is -0.365. The minimum atomic E-state index is -1.15. The molecule has 3 aliphatic rings. The molecule has 0 unspecified atom stereocenters. The van der Waals surface area contributed by atoms with Crippen molar-refractivity contribution in [1.29, 1.82) is 0 Å². The number of methoxy groups -OCH3 is 1. The predicted octanol–water partition coefficient (Wildman–Crippen LogP) is 2.61. The van der Waals surface area contributed by atoms with Gasteiger partial charge in [-0.1, -0.05) is 25.8 Å². The molecule has 0 amide bonds. The van der Waals surface area contributed by atoms with Gasteiger partial charge < -0.3 is 19.5 Å². The number of hydrogen-bond acceptors (Lipinski definition) is 7. The zero-order valence-electron chi connectivity index (χ0n) is 20.3. The van der Waals surface area contributed by atoms with E-state index in [0.29, 0.717) is 19.6 Å². The summed E-state index contributed by atoms with van der Waals surface area (Å²) in [5, 5.41) is 11.2. The van der Waals surface area contributed by atoms with Crippen LogP contribution in [0.25, 0.3) is 0 Å². The Bertz CT molecular complexity index is 791. The van der Waals surface area contributed by atoms with Crippen molar-refractivity contribution in [1.82, 2.24) is 4.90 Å². The lowest BCUT2D eigenvalue weighted by atomic mass is 9.42. The summed E-state index contributed by atoms with van der Waals surface area (Å²) >= 11 is 0. The van der Waals surface area contributed by atoms with Crippen molar-refractivity contribution >= 4 is 17.7 Å². The van der Waals surface area contributed by atoms with Gasteiger partial charge in [0.05, 0.1) is 12.5 Å². The summed E-state index contributed by atoms with van der Waals surface area (Å²) in [7, 11) is 5.20. The molecular formula is C25H39NO6. The van der Waals surface area contributed by atoms with E-state index >= 15 is 0 Å². The van der Waals surface area contributed by atoms with Crippen molar-refractivity contribution in [2.24, 2.45) is 34.5 Å². The van der Waals surface area contributed by atoms with Crippen molar-refractivity contribution in [2.75, 3.05) is 34.4 Å². The molecule has 0 heterocycles. The van der Waals surface area contributed by atoms with E-state index in [1.54, 1.807) is 6.08 Å². The highest BCUT2D eigenvalue weighted by molar-refractivity contribution is 5.93. The van der Waals surface area contributed by atoms with Gasteiger partial charge in [-0.3, -0.25) is 9.59 Å². The van der Waals surface area contributed by atoms with Crippen molar-refractivity contribution in [2.45, 2.75) is 59.0 Å². The van der Waals surface area contributed by atoms with E-state index in [2.05, 4.69) is 6.92 Å². The number of rotatable bonds is 5. The monoisotopic (exact) mass is 449 g/mol. The highest BCUT2D eigenvalue weighted by Crippen LogP contribution is 2.64. The van der Waals surface area contributed by atoms with Crippen LogP contribution in [0.2, 0.25) is 0 Å². The molecule has 1 N–H and O–H groups in total. The second-order valence-corrected chi connectivity index (χ2v) is 10.7. The van der Waals surface area contributed by atoms with Crippen molar-refractivity contribution < 1.29 is 29.0 Å². The van der Waals surface area contributed by atoms with Crippen LogP contribution in [0.4, 0.5) is 0 Å². The highest BCUT2D eigenvalue weighted by atomic mass is 16.5. The number of aliphatic hydroxyl groups excluding tert-OH is 1. The topological polar surface area (TPSA) is 93.1 Å². The Balaban J connectivity index is 1.87. The molecule has 7 atom stereocenters. The first-order chi connectivity index (χ1) is 15.0. The number of ether oxygens (including phenoxy) is 2. The lowest BCUT2D eigenvalue weighted by Crippen LogP contribution is -2.65. The number of fused-ring (bicyclic) bond motifs is 3. The zero-order valence-corrected chi connectivity index (χ0v) is 20.3. The first kappa shape index (κ1) is 24.9. The number of esters is 2. The number of nitrogens with zero attached hydrogens (tertiary/aromatic N) is 1. The van der Waals surface area contributed by atoms with Gasteiger partial charge in [-0.15, -0.1) is 0 Å². The van der Waals surface area contributed by atoms with Gasteiger partial charge in [0.2, 0.25) is 0 Å². The highest BCUT2D eigenvalue weighted by Gasteiger charge is 2.66. The van der Waals surface area contributed by atoms with E-state index in [0.717, 1.165) is 31.3 Å². The zero-order chi connectivity index (χ0) is 23.8. The molecule has 7 heteroatoms. The number of aliphatic hydroxyl groups is 1. The number of carbonyl (C=O) groups excluding carboxylic acids is 3. The van der Waals surface area contributed by atoms with E-state index < -0.39 is 17.4 Å². The molecule has 0 radical (unpaired) electrons. The molecule has 0 spiro atoms. The first-order valence-electron chi connectivity index (χ1n) is 11.8. The Morgan fingerprint density at radius 1 is 1.25 bits per heavy atom. The van der Waals surface area contributed by atoms with Gasteiger partial charge in [-0.25, -0.2) is 4.79 Å². The van der Waals surface area contributed by atoms with E-state index in [1.807, 2.05) is 32.8 Å². The Morgan fingerprint density at radius 2 is 1.94 bits per heavy atom. The lowest BCUT2D eigenvalue weighted by molar-refractivity contribution is -0.193. The summed E-state index contributed by atoms with van der Waals surface area (Å²) in [6.45, 7) is 6.92. The molecule has 3 rings (SSSR count). The van der Waals surface area contributed by atoms with Crippen LogP contribution in [0.3, 0.4) is 0 Å². The SMILES string of the molecule is COC(=O)[C@@]1(C)CCC[C@@]2(C)[C@H]1C(=O)[C@H](O)[C@H]1[C@@H](C)C(=CC(=O)OCCN(C)C)CC[C@@H]12. The largest absolute Gasteiger partial charge is 0.469 e. The summed E-state index contributed by atoms with van der Waals surface area (Å²) in [4.78, 5) is 40.6. The van der Waals surface area contributed by atoms with Crippen LogP contribution in [-0.4, -0.2) is 68.2 Å². The van der Waals surface area contributed by atoms with E-state index in [9.17, 15) is 19.5 Å². The maximum absolute atomic E-state index is 13.6. The summed E-state index contributed by atoms with van der Waals surface area (Å²) in [6, 6.07) is 0. The van der Waals surface area contributed by atoms with Gasteiger partial charge in [-0.2, -0.15) is 0 Å². The molecule has 0 bridgehead atoms. The smallest absolute Gasteiger partial charge is 0.330 e. The first-order valence-corrected chi connectivity index (χ1v) is 11.8. The van der Waals surface area contributed by atoms with Gasteiger partial charge >= 0.3 is 11.9 Å². The molecular weight excluding hydrogens is 410 g/mol. The number of ketones is 1. The third kappa shape index (κ3) is 4.14. The average molecular weight is 450 g/mol. The molecule has 180 valence electrons. The quantitative estimate of drug-likeness (QED) is 0.509. The molecule has 0 saturated heterocycles. The van der Waals surface area contributed by atoms with Crippen molar-refractivity contribution in [3.8, 4) is 0 Å². The molecule has 32 heavy (non-hydrogen) atoms. The van der Waals surface area contributed by atoms with Gasteiger partial charge in [0, 0.05) is 24.5 Å². The van der Waals surface area contributed by atoms with Gasteiger partial charge in [0.15, 0.2) is 5.78 Å². The second kappa shape index (κ2) is 9.26. The fourth-order valence-corrected chi connectivity index (χ4v) is 7.03. The Hall–Kier alpha value is -1.73. The number of Topliss-reactive ketones (excluding diaryl/α,β-unsaturated/α-hetero) is 1. The molecule has 3 aliphatic carbocycles. The average Bonchev–Trinajstić information content (AvgIpc) is 2.72. The number of likely N-dealkylation sites (N-methyl/N-ethyl adjacent to an activating group) is 1. The van der Waals surface area contributed by atoms with Gasteiger partial charge in [-0.05, 0) is 64.0 Å². The molecule has 7 nitrogen and oxygen atoms in total. The second-order valence-electron chi connectivity index (χ2n) is 10.7. The third-order valence-electron chi connectivity index (χ3n) is 8.60. The molecule has 0 aromatic heterocycles. The van der Waals surface area contributed by atoms with E-state index in [1.165, 1.54) is 7.11 Å². The lowest BCUT2D eigenvalue weighted by Gasteiger charge is -2.61. The van der Waals surface area contributed by atoms with Crippen LogP contribution in [0.5, 0.6) is 0 Å². The summed E-state index contributed by atoms with van der Waals surface area (Å²) in [5.74, 6) is -1.82. The standard InChI is InChI=1S/C25H39NO6/c1-15-16(14-18(27)32-13-12-26(4)5)8-9-17-19(15)20(28)21(29)22-24(17,2)10-7-11-25(22,3)23(30)31-6/h14-15,17,19-20,22,28H,7-13H2,1-6H3/t15-,17-,19-,20+,22+,24+,25-/m0/s1. The molecule has 3 fully saturated rings. The van der Waals surface area contributed by atoms with Crippen LogP contribution < -0.4 is 0 Å². The maximum Gasteiger partial charge on any atom is 0.330 e. The number of carbonyl (C=O) groups is 3. The predicted molar refractivity (Wildman–Crippen MR) is 120 cm³/mol. The minimum Gasteiger partial charge on any atom is -0.469 e. The maximum atomic E-state index is 13.6. The van der Waals surface area contributed by atoms with Crippen LogP contribution in [0.1, 0.15) is 52.9 Å². The molecule has 0 aromatic rings. The molecule has 3 saturated carbocycles. The normalized spacial score (nSPS) is 40.6. The third-order valence-corrected chi connectivity index (χ3v) is 8.60. The van der Waals surface area contributed by atoms with Crippen molar-refractivity contribution in [3.63, 3.8) is 0 Å². The van der Waals surface area contributed by atoms with Crippen LogP contribution in [0, 0.1) is 34.5 Å². The Labute approximate surface area is 191 Å². The Morgan fingerprint density at radius 3 is 2.56 bits per heavy atom. The van der Waals surface area contributed by atoms with Crippen LogP contribution in [0.15, 0.2) is 11.6 Å². The minimum absolute atomic E-state index is 0.0985. The van der Waals surface area contributed by atoms with Gasteiger partial charge in [0.1, 0.15) is 12.7 Å². The number of allylic oxidation sites excluding steroid dienone is 1. The van der Waals surface area contributed by atoms with Crippen molar-refractivity contribution in [3.05, 3.63) is 11.6 Å². The summed E-state index contributed by atoms with van der Waals surface area (Å²) < 4.78 is 10.4. The number of hydrogen-bond donors (Lipinski definition) is 1. The van der Waals surface area contributed by atoms with E-state index in [4.69, 9.17) is 9.47 Å². The molecule has 0 aliphatic heterocycles. The summed E-state index contributed by atoms with van der Waals surface area (Å²) in [6.07, 6.45) is 4.20. The van der Waals surface area contributed by atoms with Gasteiger partial charge in [0.25, 0.3) is 0 Å².